The summed E-state index contributed by atoms with van der Waals surface area (Å²) >= 11 is 0. The highest BCUT2D eigenvalue weighted by Gasteiger charge is 2.50. The molecule has 1 N–H and O–H groups in total. The van der Waals surface area contributed by atoms with Crippen molar-refractivity contribution in [2.45, 2.75) is 63.7 Å². The van der Waals surface area contributed by atoms with Gasteiger partial charge < -0.3 is 4.74 Å². The van der Waals surface area contributed by atoms with E-state index in [9.17, 15) is 8.42 Å². The number of hydrogen-bond acceptors (Lipinski definition) is 5. The number of rotatable bonds is 7. The van der Waals surface area contributed by atoms with Crippen LogP contribution < -0.4 is 9.46 Å². The smallest absolute Gasteiger partial charge is 0.242 e. The van der Waals surface area contributed by atoms with E-state index in [1.54, 1.807) is 11.3 Å². The summed E-state index contributed by atoms with van der Waals surface area (Å²) < 4.78 is 35.0. The van der Waals surface area contributed by atoms with Crippen molar-refractivity contribution >= 4 is 21.6 Å². The number of sulfonamides is 1. The summed E-state index contributed by atoms with van der Waals surface area (Å²) in [6, 6.07) is 8.14. The number of nitrogens with one attached hydrogen (secondary N) is 1. The molecule has 0 aliphatic heterocycles. The average Bonchev–Trinajstić information content (AvgIpc) is 3.60. The lowest BCUT2D eigenvalue weighted by Gasteiger charge is -2.14. The molecule has 1 aromatic carbocycles. The fourth-order valence-electron chi connectivity index (χ4n) is 3.81. The summed E-state index contributed by atoms with van der Waals surface area (Å²) in [7, 11) is -3.48. The molecule has 0 spiro atoms. The first-order chi connectivity index (χ1) is 14.2. The summed E-state index contributed by atoms with van der Waals surface area (Å²) in [6.45, 7) is 6.32. The summed E-state index contributed by atoms with van der Waals surface area (Å²) in [5.41, 5.74) is 5.19. The first-order valence-electron chi connectivity index (χ1n) is 10.4. The van der Waals surface area contributed by atoms with Gasteiger partial charge in [0.25, 0.3) is 0 Å². The van der Waals surface area contributed by atoms with E-state index in [1.165, 1.54) is 16.7 Å². The van der Waals surface area contributed by atoms with Crippen molar-refractivity contribution in [3.63, 3.8) is 0 Å². The van der Waals surface area contributed by atoms with Crippen molar-refractivity contribution in [2.75, 3.05) is 4.72 Å². The number of aromatic nitrogens is 3. The van der Waals surface area contributed by atoms with Crippen LogP contribution in [0.1, 0.15) is 60.8 Å². The van der Waals surface area contributed by atoms with Crippen LogP contribution in [0.4, 0.5) is 5.95 Å². The topological polar surface area (TPSA) is 85.6 Å². The molecule has 2 aromatic heterocycles. The largest absolute Gasteiger partial charge is 0.489 e. The second kappa shape index (κ2) is 6.70. The molecule has 0 radical (unpaired) electrons. The molecule has 8 heteroatoms. The maximum Gasteiger partial charge on any atom is 0.242 e. The van der Waals surface area contributed by atoms with E-state index in [1.807, 2.05) is 24.4 Å². The first kappa shape index (κ1) is 19.4. The van der Waals surface area contributed by atoms with E-state index in [4.69, 9.17) is 4.74 Å². The summed E-state index contributed by atoms with van der Waals surface area (Å²) in [5.74, 6) is 1.57. The van der Waals surface area contributed by atoms with Gasteiger partial charge >= 0.3 is 0 Å². The Morgan fingerprint density at radius 3 is 2.47 bits per heavy atom. The van der Waals surface area contributed by atoms with Crippen molar-refractivity contribution in [1.82, 2.24) is 14.6 Å². The number of nitrogens with zero attached hydrogens (tertiary/aromatic N) is 3. The van der Waals surface area contributed by atoms with E-state index in [0.29, 0.717) is 31.0 Å². The number of fused-ring (bicyclic) bond motifs is 1. The Morgan fingerprint density at radius 1 is 1.13 bits per heavy atom. The molecule has 3 aromatic rings. The summed E-state index contributed by atoms with van der Waals surface area (Å²) in [5, 5.41) is 8.31. The second-order valence-corrected chi connectivity index (χ2v) is 11.1. The van der Waals surface area contributed by atoms with Crippen molar-refractivity contribution in [3.05, 3.63) is 52.7 Å². The maximum absolute atomic E-state index is 12.6. The molecule has 7 nitrogen and oxygen atoms in total. The van der Waals surface area contributed by atoms with Gasteiger partial charge in [-0.3, -0.25) is 9.12 Å². The van der Waals surface area contributed by atoms with Crippen molar-refractivity contribution in [3.8, 4) is 5.75 Å². The fourth-order valence-corrected chi connectivity index (χ4v) is 5.08. The molecule has 2 fully saturated rings. The zero-order valence-corrected chi connectivity index (χ0v) is 18.3. The quantitative estimate of drug-likeness (QED) is 0.615. The standard InChI is InChI=1S/C22H26N4O3S/c1-14-8-15(2)10-18(9-14)29-13-17-11-20-23-24-21(25-30(27,28)22(3)6-7-22)26(20)12-19(17)16-4-5-16/h8-12,16H,4-7,13H2,1-3H3,(H,24,25). The maximum atomic E-state index is 12.6. The average molecular weight is 427 g/mol. The lowest BCUT2D eigenvalue weighted by molar-refractivity contribution is 0.304. The first-order valence-corrected chi connectivity index (χ1v) is 11.8. The van der Waals surface area contributed by atoms with Gasteiger partial charge in [0.2, 0.25) is 16.0 Å². The molecule has 2 aliphatic rings. The predicted molar refractivity (Wildman–Crippen MR) is 115 cm³/mol. The number of hydrogen-bond donors (Lipinski definition) is 1. The van der Waals surface area contributed by atoms with E-state index in [2.05, 4.69) is 34.8 Å². The lowest BCUT2D eigenvalue weighted by atomic mass is 10.1. The monoisotopic (exact) mass is 426 g/mol. The van der Waals surface area contributed by atoms with Gasteiger partial charge in [-0.2, -0.15) is 0 Å². The molecule has 2 heterocycles. The van der Waals surface area contributed by atoms with E-state index in [-0.39, 0.29) is 5.95 Å². The molecule has 5 rings (SSSR count). The number of pyridine rings is 1. The Labute approximate surface area is 176 Å². The van der Waals surface area contributed by atoms with Gasteiger partial charge in [-0.1, -0.05) is 6.07 Å². The van der Waals surface area contributed by atoms with Crippen LogP contribution >= 0.6 is 0 Å². The van der Waals surface area contributed by atoms with Gasteiger partial charge in [0.15, 0.2) is 5.65 Å². The number of benzene rings is 1. The van der Waals surface area contributed by atoms with Crippen LogP contribution in [0.3, 0.4) is 0 Å². The number of ether oxygens (including phenoxy) is 1. The Bertz CT molecular complexity index is 1220. The molecule has 0 atom stereocenters. The van der Waals surface area contributed by atoms with Crippen LogP contribution in [0.25, 0.3) is 5.65 Å². The Morgan fingerprint density at radius 2 is 1.83 bits per heavy atom. The third-order valence-electron chi connectivity index (χ3n) is 6.10. The van der Waals surface area contributed by atoms with Gasteiger partial charge in [-0.25, -0.2) is 8.42 Å². The normalized spacial score (nSPS) is 17.8. The summed E-state index contributed by atoms with van der Waals surface area (Å²) in [6.07, 6.45) is 5.57. The predicted octanol–water partition coefficient (Wildman–Crippen LogP) is 4.10. The minimum Gasteiger partial charge on any atom is -0.489 e. The molecule has 0 amide bonds. The third kappa shape index (κ3) is 3.53. The Kier molecular flexibility index (Phi) is 4.32. The van der Waals surface area contributed by atoms with E-state index in [0.717, 1.165) is 24.2 Å². The minimum atomic E-state index is -3.48. The van der Waals surface area contributed by atoms with Gasteiger partial charge in [0.05, 0.1) is 4.75 Å². The number of anilines is 1. The van der Waals surface area contributed by atoms with Crippen LogP contribution in [-0.2, 0) is 16.6 Å². The van der Waals surface area contributed by atoms with Crippen LogP contribution in [0, 0.1) is 13.8 Å². The van der Waals surface area contributed by atoms with Crippen molar-refractivity contribution < 1.29 is 13.2 Å². The Balaban J connectivity index is 1.45. The van der Waals surface area contributed by atoms with Crippen LogP contribution in [0.15, 0.2) is 30.5 Å². The molecule has 2 aliphatic carbocycles. The van der Waals surface area contributed by atoms with Gasteiger partial charge in [-0.05, 0) is 92.8 Å². The van der Waals surface area contributed by atoms with Crippen LogP contribution in [-0.4, -0.2) is 27.8 Å². The van der Waals surface area contributed by atoms with E-state index >= 15 is 0 Å². The molecular weight excluding hydrogens is 400 g/mol. The van der Waals surface area contributed by atoms with Crippen LogP contribution in [0.5, 0.6) is 5.75 Å². The molecular formula is C22H26N4O3S. The third-order valence-corrected chi connectivity index (χ3v) is 8.26. The lowest BCUT2D eigenvalue weighted by Crippen LogP contribution is -2.27. The zero-order chi connectivity index (χ0) is 21.1. The highest BCUT2D eigenvalue weighted by molar-refractivity contribution is 7.94. The molecule has 0 bridgehead atoms. The molecule has 158 valence electrons. The van der Waals surface area contributed by atoms with E-state index < -0.39 is 14.8 Å². The number of aryl methyl sites for hydroxylation is 2. The minimum absolute atomic E-state index is 0.252. The fraction of sp³-hybridized carbons (Fsp3) is 0.455. The van der Waals surface area contributed by atoms with Crippen LogP contribution in [0.2, 0.25) is 0 Å². The van der Waals surface area contributed by atoms with Gasteiger partial charge in [0.1, 0.15) is 12.4 Å². The molecule has 0 unspecified atom stereocenters. The molecule has 2 saturated carbocycles. The molecule has 0 saturated heterocycles. The molecule has 30 heavy (non-hydrogen) atoms. The zero-order valence-electron chi connectivity index (χ0n) is 17.5. The second-order valence-electron chi connectivity index (χ2n) is 8.95. The summed E-state index contributed by atoms with van der Waals surface area (Å²) in [4.78, 5) is 0. The van der Waals surface area contributed by atoms with Gasteiger partial charge in [-0.15, -0.1) is 10.2 Å². The highest BCUT2D eigenvalue weighted by atomic mass is 32.2. The Hall–Kier alpha value is -2.61. The highest BCUT2D eigenvalue weighted by Crippen LogP contribution is 2.44. The van der Waals surface area contributed by atoms with Gasteiger partial charge in [0, 0.05) is 6.20 Å². The van der Waals surface area contributed by atoms with Crippen molar-refractivity contribution in [1.29, 1.82) is 0 Å². The SMILES string of the molecule is Cc1cc(C)cc(OCc2cc3nnc(NS(=O)(=O)C4(C)CC4)n3cc2C2CC2)c1. The van der Waals surface area contributed by atoms with Crippen molar-refractivity contribution in [2.24, 2.45) is 0 Å².